The van der Waals surface area contributed by atoms with Gasteiger partial charge in [0.15, 0.2) is 5.78 Å². The van der Waals surface area contributed by atoms with Crippen LogP contribution in [-0.2, 0) is 20.7 Å². The van der Waals surface area contributed by atoms with E-state index in [1.807, 2.05) is 42.5 Å². The van der Waals surface area contributed by atoms with Gasteiger partial charge in [0, 0.05) is 18.5 Å². The lowest BCUT2D eigenvalue weighted by atomic mass is 10.0. The number of carbonyl (C=O) groups excluding carboxylic acids is 3. The molecular weight excluding hydrogens is 444 g/mol. The summed E-state index contributed by atoms with van der Waals surface area (Å²) in [5.74, 6) is -0.660. The third-order valence-corrected chi connectivity index (χ3v) is 6.63. The Morgan fingerprint density at radius 1 is 0.971 bits per heavy atom. The van der Waals surface area contributed by atoms with Gasteiger partial charge in [-0.1, -0.05) is 54.6 Å². The first-order valence-electron chi connectivity index (χ1n) is 11.7. The van der Waals surface area contributed by atoms with Crippen LogP contribution in [0.2, 0.25) is 0 Å². The molecule has 3 aromatic rings. The molecule has 2 aliphatic heterocycles. The van der Waals surface area contributed by atoms with Crippen molar-refractivity contribution in [3.63, 3.8) is 0 Å². The summed E-state index contributed by atoms with van der Waals surface area (Å²) in [6, 6.07) is 22.1. The highest BCUT2D eigenvalue weighted by Crippen LogP contribution is 2.28. The number of nitrogens with zero attached hydrogens (tertiary/aromatic N) is 1. The Balaban J connectivity index is 1.36. The molecule has 178 valence electrons. The molecule has 2 amide bonds. The maximum atomic E-state index is 13.6. The van der Waals surface area contributed by atoms with Crippen molar-refractivity contribution in [1.29, 1.82) is 0 Å². The van der Waals surface area contributed by atoms with Gasteiger partial charge in [-0.2, -0.15) is 0 Å². The number of benzene rings is 3. The van der Waals surface area contributed by atoms with E-state index in [0.29, 0.717) is 18.5 Å². The van der Waals surface area contributed by atoms with E-state index in [1.165, 1.54) is 0 Å². The normalized spacial score (nSPS) is 19.9. The number of aromatic hydroxyl groups is 1. The molecule has 2 heterocycles. The van der Waals surface area contributed by atoms with Gasteiger partial charge >= 0.3 is 0 Å². The zero-order chi connectivity index (χ0) is 24.4. The molecule has 0 radical (unpaired) electrons. The molecule has 0 aliphatic carbocycles. The third-order valence-electron chi connectivity index (χ3n) is 6.63. The van der Waals surface area contributed by atoms with Crippen molar-refractivity contribution >= 4 is 17.6 Å². The quantitative estimate of drug-likeness (QED) is 0.578. The predicted octanol–water partition coefficient (Wildman–Crippen LogP) is 2.97. The van der Waals surface area contributed by atoms with Crippen LogP contribution in [0.4, 0.5) is 0 Å². The highest BCUT2D eigenvalue weighted by atomic mass is 16.5. The number of rotatable bonds is 6. The second kappa shape index (κ2) is 9.72. The standard InChI is InChI=1S/C28H26N2O5/c31-22-12-6-18(7-13-22)16-23(28(34)30-15-14-25-26(30)24(32)17-35-25)29-27(33)21-10-8-20(9-11-21)19-4-2-1-3-5-19/h1-13,23,25-26,31H,14-17H2,(H,29,33)/t23-,25?,26?/m0/s1. The highest BCUT2D eigenvalue weighted by Gasteiger charge is 2.48. The SMILES string of the molecule is O=C(N[C@@H](Cc1ccc(O)cc1)C(=O)N1CCC2OCC(=O)C21)c1ccc(-c2ccccc2)cc1. The first kappa shape index (κ1) is 22.8. The van der Waals surface area contributed by atoms with Gasteiger partial charge in [0.1, 0.15) is 24.4 Å². The Labute approximate surface area is 203 Å². The number of phenolic OH excluding ortho intramolecular Hbond substituents is 1. The summed E-state index contributed by atoms with van der Waals surface area (Å²) in [5, 5.41) is 12.5. The Kier molecular flexibility index (Phi) is 6.33. The van der Waals surface area contributed by atoms with E-state index in [0.717, 1.165) is 16.7 Å². The highest BCUT2D eigenvalue weighted by molar-refractivity contribution is 5.99. The summed E-state index contributed by atoms with van der Waals surface area (Å²) < 4.78 is 5.52. The van der Waals surface area contributed by atoms with Crippen LogP contribution in [0, 0.1) is 0 Å². The summed E-state index contributed by atoms with van der Waals surface area (Å²) in [7, 11) is 0. The zero-order valence-corrected chi connectivity index (χ0v) is 19.1. The molecule has 3 atom stereocenters. The van der Waals surface area contributed by atoms with Crippen LogP contribution in [0.5, 0.6) is 5.75 Å². The number of hydrogen-bond acceptors (Lipinski definition) is 5. The van der Waals surface area contributed by atoms with Crippen molar-refractivity contribution in [2.24, 2.45) is 0 Å². The fraction of sp³-hybridized carbons (Fsp3) is 0.250. The largest absolute Gasteiger partial charge is 0.508 e. The van der Waals surface area contributed by atoms with Crippen LogP contribution in [0.25, 0.3) is 11.1 Å². The molecule has 2 unspecified atom stereocenters. The van der Waals surface area contributed by atoms with Crippen LogP contribution in [0.3, 0.4) is 0 Å². The summed E-state index contributed by atoms with van der Waals surface area (Å²) in [6.07, 6.45) is 0.556. The molecule has 2 N–H and O–H groups in total. The van der Waals surface area contributed by atoms with Gasteiger partial charge < -0.3 is 20.1 Å². The Morgan fingerprint density at radius 3 is 2.37 bits per heavy atom. The van der Waals surface area contributed by atoms with Crippen molar-refractivity contribution in [1.82, 2.24) is 10.2 Å². The van der Waals surface area contributed by atoms with Crippen molar-refractivity contribution < 1.29 is 24.2 Å². The molecule has 2 saturated heterocycles. The Morgan fingerprint density at radius 2 is 1.66 bits per heavy atom. The lowest BCUT2D eigenvalue weighted by Crippen LogP contribution is -2.53. The number of phenols is 1. The second-order valence-corrected chi connectivity index (χ2v) is 8.92. The van der Waals surface area contributed by atoms with E-state index in [2.05, 4.69) is 5.32 Å². The minimum Gasteiger partial charge on any atom is -0.508 e. The molecule has 2 aliphatic rings. The van der Waals surface area contributed by atoms with Gasteiger partial charge in [0.05, 0.1) is 6.10 Å². The third kappa shape index (κ3) is 4.81. The van der Waals surface area contributed by atoms with Crippen LogP contribution >= 0.6 is 0 Å². The summed E-state index contributed by atoms with van der Waals surface area (Å²) >= 11 is 0. The fourth-order valence-electron chi connectivity index (χ4n) is 4.80. The van der Waals surface area contributed by atoms with Gasteiger partial charge in [-0.15, -0.1) is 0 Å². The first-order chi connectivity index (χ1) is 17.0. The number of likely N-dealkylation sites (tertiary alicyclic amines) is 1. The molecule has 7 heteroatoms. The molecular formula is C28H26N2O5. The number of amides is 2. The van der Waals surface area contributed by atoms with Gasteiger partial charge in [-0.3, -0.25) is 14.4 Å². The average molecular weight is 471 g/mol. The van der Waals surface area contributed by atoms with Gasteiger partial charge in [-0.05, 0) is 47.4 Å². The first-order valence-corrected chi connectivity index (χ1v) is 11.7. The lowest BCUT2D eigenvalue weighted by Gasteiger charge is -2.27. The van der Waals surface area contributed by atoms with Crippen molar-refractivity contribution in [2.45, 2.75) is 31.0 Å². The van der Waals surface area contributed by atoms with Crippen LogP contribution in [0.1, 0.15) is 22.3 Å². The number of nitrogens with one attached hydrogen (secondary N) is 1. The van der Waals surface area contributed by atoms with Crippen LogP contribution in [-0.4, -0.2) is 58.9 Å². The van der Waals surface area contributed by atoms with Crippen LogP contribution < -0.4 is 5.32 Å². The number of fused-ring (bicyclic) bond motifs is 1. The number of ether oxygens (including phenoxy) is 1. The minimum absolute atomic E-state index is 0.0157. The molecule has 7 nitrogen and oxygen atoms in total. The summed E-state index contributed by atoms with van der Waals surface area (Å²) in [4.78, 5) is 40.6. The molecule has 35 heavy (non-hydrogen) atoms. The molecule has 0 saturated carbocycles. The fourth-order valence-corrected chi connectivity index (χ4v) is 4.80. The lowest BCUT2D eigenvalue weighted by molar-refractivity contribution is -0.138. The van der Waals surface area contributed by atoms with Crippen molar-refractivity contribution in [2.75, 3.05) is 13.2 Å². The number of carbonyl (C=O) groups is 3. The maximum absolute atomic E-state index is 13.6. The van der Waals surface area contributed by atoms with E-state index >= 15 is 0 Å². The second-order valence-electron chi connectivity index (χ2n) is 8.92. The Hall–Kier alpha value is -3.97. The van der Waals surface area contributed by atoms with E-state index < -0.39 is 12.1 Å². The van der Waals surface area contributed by atoms with E-state index in [4.69, 9.17) is 4.74 Å². The van der Waals surface area contributed by atoms with Gasteiger partial charge in [-0.25, -0.2) is 0 Å². The number of hydrogen-bond donors (Lipinski definition) is 2. The Bertz CT molecular complexity index is 1220. The molecule has 0 aromatic heterocycles. The number of ketones is 1. The smallest absolute Gasteiger partial charge is 0.251 e. The summed E-state index contributed by atoms with van der Waals surface area (Å²) in [6.45, 7) is 0.426. The molecule has 0 bridgehead atoms. The van der Waals surface area contributed by atoms with E-state index in [1.54, 1.807) is 41.3 Å². The van der Waals surface area contributed by atoms with Crippen molar-refractivity contribution in [3.05, 3.63) is 90.0 Å². The number of Topliss-reactive ketones (excluding diaryl/α,β-unsaturated/α-hetero) is 1. The van der Waals surface area contributed by atoms with E-state index in [-0.39, 0.29) is 42.5 Å². The topological polar surface area (TPSA) is 95.9 Å². The zero-order valence-electron chi connectivity index (χ0n) is 19.1. The van der Waals surface area contributed by atoms with Crippen molar-refractivity contribution in [3.8, 4) is 16.9 Å². The molecule has 5 rings (SSSR count). The van der Waals surface area contributed by atoms with E-state index in [9.17, 15) is 19.5 Å². The molecule has 2 fully saturated rings. The summed E-state index contributed by atoms with van der Waals surface area (Å²) in [5.41, 5.74) is 3.26. The predicted molar refractivity (Wildman–Crippen MR) is 130 cm³/mol. The van der Waals surface area contributed by atoms with Gasteiger partial charge in [0.2, 0.25) is 5.91 Å². The molecule has 0 spiro atoms. The maximum Gasteiger partial charge on any atom is 0.251 e. The average Bonchev–Trinajstić information content (AvgIpc) is 3.48. The monoisotopic (exact) mass is 470 g/mol. The van der Waals surface area contributed by atoms with Gasteiger partial charge in [0.25, 0.3) is 5.91 Å². The van der Waals surface area contributed by atoms with Crippen LogP contribution in [0.15, 0.2) is 78.9 Å². The molecule has 3 aromatic carbocycles. The minimum atomic E-state index is -0.868.